The molecular weight excluding hydrogens is 332 g/mol. The fourth-order valence-corrected chi connectivity index (χ4v) is 3.59. The molecule has 2 aliphatic rings. The van der Waals surface area contributed by atoms with Crippen LogP contribution in [0, 0.1) is 0 Å². The van der Waals surface area contributed by atoms with Crippen molar-refractivity contribution >= 4 is 11.8 Å². The molecule has 7 nitrogen and oxygen atoms in total. The van der Waals surface area contributed by atoms with E-state index in [9.17, 15) is 9.59 Å². The molecule has 2 amide bonds. The van der Waals surface area contributed by atoms with Crippen LogP contribution >= 0.6 is 0 Å². The van der Waals surface area contributed by atoms with Crippen molar-refractivity contribution in [3.8, 4) is 5.75 Å². The van der Waals surface area contributed by atoms with Gasteiger partial charge in [-0.1, -0.05) is 13.3 Å². The van der Waals surface area contributed by atoms with Crippen molar-refractivity contribution in [2.75, 3.05) is 33.3 Å². The second-order valence-electron chi connectivity index (χ2n) is 6.91. The lowest BCUT2D eigenvalue weighted by molar-refractivity contribution is -0.134. The van der Waals surface area contributed by atoms with Gasteiger partial charge in [-0.05, 0) is 37.1 Å². The second kappa shape index (κ2) is 8.51. The van der Waals surface area contributed by atoms with E-state index in [2.05, 4.69) is 17.8 Å². The number of hydrogen-bond acceptors (Lipinski definition) is 5. The summed E-state index contributed by atoms with van der Waals surface area (Å²) in [5.74, 6) is 0.868. The van der Waals surface area contributed by atoms with E-state index < -0.39 is 0 Å². The number of rotatable bonds is 5. The molecule has 0 radical (unpaired) electrons. The topological polar surface area (TPSA) is 73.9 Å². The Labute approximate surface area is 154 Å². The SMILES string of the molecule is CCCC1CC(C(=O)N2CCN(C(=O)c3ccc(OC)cc3)CC2)NN1. The Hall–Kier alpha value is -2.12. The molecule has 7 heteroatoms. The lowest BCUT2D eigenvalue weighted by Crippen LogP contribution is -2.54. The number of benzene rings is 1. The average Bonchev–Trinajstić information content (AvgIpc) is 3.16. The maximum Gasteiger partial charge on any atom is 0.253 e. The van der Waals surface area contributed by atoms with Gasteiger partial charge in [0.25, 0.3) is 5.91 Å². The third-order valence-corrected chi connectivity index (χ3v) is 5.13. The number of piperazine rings is 1. The number of hydrazine groups is 1. The lowest BCUT2D eigenvalue weighted by atomic mass is 10.0. The molecule has 3 rings (SSSR count). The molecule has 0 saturated carbocycles. The van der Waals surface area contributed by atoms with Crippen LogP contribution < -0.4 is 15.6 Å². The molecule has 2 N–H and O–H groups in total. The highest BCUT2D eigenvalue weighted by atomic mass is 16.5. The van der Waals surface area contributed by atoms with Gasteiger partial charge in [-0.2, -0.15) is 0 Å². The van der Waals surface area contributed by atoms with Gasteiger partial charge in [0, 0.05) is 37.8 Å². The van der Waals surface area contributed by atoms with Crippen molar-refractivity contribution in [3.63, 3.8) is 0 Å². The molecule has 2 fully saturated rings. The van der Waals surface area contributed by atoms with E-state index >= 15 is 0 Å². The van der Waals surface area contributed by atoms with E-state index in [1.165, 1.54) is 0 Å². The molecule has 1 aromatic carbocycles. The van der Waals surface area contributed by atoms with Crippen LogP contribution in [-0.4, -0.2) is 67.0 Å². The quantitative estimate of drug-likeness (QED) is 0.820. The van der Waals surface area contributed by atoms with Crippen molar-refractivity contribution in [1.29, 1.82) is 0 Å². The molecule has 2 atom stereocenters. The number of methoxy groups -OCH3 is 1. The number of amides is 2. The van der Waals surface area contributed by atoms with Crippen LogP contribution in [0.3, 0.4) is 0 Å². The number of ether oxygens (including phenoxy) is 1. The van der Waals surface area contributed by atoms with Crippen LogP contribution in [0.15, 0.2) is 24.3 Å². The second-order valence-corrected chi connectivity index (χ2v) is 6.91. The Morgan fingerprint density at radius 3 is 2.35 bits per heavy atom. The normalized spacial score (nSPS) is 23.2. The van der Waals surface area contributed by atoms with Gasteiger partial charge < -0.3 is 14.5 Å². The molecule has 2 saturated heterocycles. The van der Waals surface area contributed by atoms with E-state index in [1.807, 2.05) is 9.80 Å². The molecule has 26 heavy (non-hydrogen) atoms. The summed E-state index contributed by atoms with van der Waals surface area (Å²) in [5, 5.41) is 0. The van der Waals surface area contributed by atoms with Crippen molar-refractivity contribution in [2.24, 2.45) is 0 Å². The molecule has 0 bridgehead atoms. The van der Waals surface area contributed by atoms with Crippen molar-refractivity contribution < 1.29 is 14.3 Å². The largest absolute Gasteiger partial charge is 0.497 e. The highest BCUT2D eigenvalue weighted by Gasteiger charge is 2.33. The van der Waals surface area contributed by atoms with Crippen LogP contribution in [0.5, 0.6) is 5.75 Å². The molecule has 0 spiro atoms. The van der Waals surface area contributed by atoms with Crippen LogP contribution in [-0.2, 0) is 4.79 Å². The van der Waals surface area contributed by atoms with Crippen molar-refractivity contribution in [1.82, 2.24) is 20.7 Å². The summed E-state index contributed by atoms with van der Waals surface area (Å²) in [4.78, 5) is 29.0. The van der Waals surface area contributed by atoms with Gasteiger partial charge in [-0.15, -0.1) is 0 Å². The molecule has 142 valence electrons. The van der Waals surface area contributed by atoms with Crippen LogP contribution in [0.1, 0.15) is 36.5 Å². The first-order valence-electron chi connectivity index (χ1n) is 9.35. The zero-order valence-corrected chi connectivity index (χ0v) is 15.5. The van der Waals surface area contributed by atoms with Gasteiger partial charge in [-0.3, -0.25) is 15.0 Å². The molecular formula is C19H28N4O3. The van der Waals surface area contributed by atoms with Crippen LogP contribution in [0.25, 0.3) is 0 Å². The van der Waals surface area contributed by atoms with Crippen molar-refractivity contribution in [3.05, 3.63) is 29.8 Å². The van der Waals surface area contributed by atoms with Gasteiger partial charge in [0.05, 0.1) is 7.11 Å². The summed E-state index contributed by atoms with van der Waals surface area (Å²) in [6.45, 7) is 4.44. The molecule has 2 aliphatic heterocycles. The number of nitrogens with one attached hydrogen (secondary N) is 2. The Morgan fingerprint density at radius 2 is 1.73 bits per heavy atom. The van der Waals surface area contributed by atoms with Crippen LogP contribution in [0.2, 0.25) is 0 Å². The van der Waals surface area contributed by atoms with Gasteiger partial charge >= 0.3 is 0 Å². The van der Waals surface area contributed by atoms with Crippen molar-refractivity contribution in [2.45, 2.75) is 38.3 Å². The zero-order valence-electron chi connectivity index (χ0n) is 15.5. The third-order valence-electron chi connectivity index (χ3n) is 5.13. The predicted molar refractivity (Wildman–Crippen MR) is 98.8 cm³/mol. The summed E-state index contributed by atoms with van der Waals surface area (Å²) in [6.07, 6.45) is 3.00. The molecule has 2 heterocycles. The molecule has 0 aliphatic carbocycles. The highest BCUT2D eigenvalue weighted by molar-refractivity contribution is 5.94. The van der Waals surface area contributed by atoms with E-state index in [-0.39, 0.29) is 17.9 Å². The third kappa shape index (κ3) is 4.16. The number of carbonyl (C=O) groups excluding carboxylic acids is 2. The first kappa shape index (κ1) is 18.7. The summed E-state index contributed by atoms with van der Waals surface area (Å²) in [5.41, 5.74) is 6.99. The molecule has 0 aromatic heterocycles. The Morgan fingerprint density at radius 1 is 1.08 bits per heavy atom. The fourth-order valence-electron chi connectivity index (χ4n) is 3.59. The summed E-state index contributed by atoms with van der Waals surface area (Å²) >= 11 is 0. The minimum atomic E-state index is -0.157. The Bertz CT molecular complexity index is 626. The minimum Gasteiger partial charge on any atom is -0.497 e. The van der Waals surface area contributed by atoms with Gasteiger partial charge in [0.2, 0.25) is 5.91 Å². The standard InChI is InChI=1S/C19H28N4O3/c1-3-4-15-13-17(21-20-15)19(25)23-11-9-22(10-12-23)18(24)14-5-7-16(26-2)8-6-14/h5-8,15,17,20-21H,3-4,9-13H2,1-2H3. The molecule has 2 unspecified atom stereocenters. The highest BCUT2D eigenvalue weighted by Crippen LogP contribution is 2.16. The smallest absolute Gasteiger partial charge is 0.253 e. The number of carbonyl (C=O) groups is 2. The van der Waals surface area contributed by atoms with Gasteiger partial charge in [-0.25, -0.2) is 5.43 Å². The monoisotopic (exact) mass is 360 g/mol. The zero-order chi connectivity index (χ0) is 18.5. The average molecular weight is 360 g/mol. The molecule has 1 aromatic rings. The van der Waals surface area contributed by atoms with Gasteiger partial charge in [0.15, 0.2) is 0 Å². The maximum absolute atomic E-state index is 12.7. The van der Waals surface area contributed by atoms with E-state index in [4.69, 9.17) is 4.74 Å². The maximum atomic E-state index is 12.7. The van der Waals surface area contributed by atoms with Crippen LogP contribution in [0.4, 0.5) is 0 Å². The lowest BCUT2D eigenvalue weighted by Gasteiger charge is -2.36. The van der Waals surface area contributed by atoms with E-state index in [0.717, 1.165) is 25.0 Å². The first-order valence-corrected chi connectivity index (χ1v) is 9.35. The minimum absolute atomic E-state index is 0.00317. The summed E-state index contributed by atoms with van der Waals surface area (Å²) in [6, 6.07) is 7.35. The first-order chi connectivity index (χ1) is 12.6. The van der Waals surface area contributed by atoms with E-state index in [0.29, 0.717) is 37.8 Å². The predicted octanol–water partition coefficient (Wildman–Crippen LogP) is 1.01. The van der Waals surface area contributed by atoms with Gasteiger partial charge in [0.1, 0.15) is 11.8 Å². The number of nitrogens with zero attached hydrogens (tertiary/aromatic N) is 2. The number of hydrogen-bond donors (Lipinski definition) is 2. The Kier molecular flexibility index (Phi) is 6.11. The summed E-state index contributed by atoms with van der Waals surface area (Å²) in [7, 11) is 1.60. The van der Waals surface area contributed by atoms with E-state index in [1.54, 1.807) is 31.4 Å². The fraction of sp³-hybridized carbons (Fsp3) is 0.579. The summed E-state index contributed by atoms with van der Waals surface area (Å²) < 4.78 is 5.13. The Balaban J connectivity index is 1.50.